The third-order valence-corrected chi connectivity index (χ3v) is 3.44. The first-order valence-corrected chi connectivity index (χ1v) is 5.73. The summed E-state index contributed by atoms with van der Waals surface area (Å²) in [6.07, 6.45) is 2.97. The van der Waals surface area contributed by atoms with Crippen LogP contribution in [0.1, 0.15) is 35.7 Å². The number of hydrogen-bond acceptors (Lipinski definition) is 2. The Hall–Kier alpha value is -1.64. The van der Waals surface area contributed by atoms with E-state index in [9.17, 15) is 4.91 Å². The molecular weight excluding hydrogens is 200 g/mol. The summed E-state index contributed by atoms with van der Waals surface area (Å²) in [4.78, 5) is 14.3. The highest BCUT2D eigenvalue weighted by Gasteiger charge is 2.25. The summed E-state index contributed by atoms with van der Waals surface area (Å²) in [6.45, 7) is 2.07. The van der Waals surface area contributed by atoms with Gasteiger partial charge in [-0.25, -0.2) is 0 Å². The average molecular weight is 214 g/mol. The van der Waals surface area contributed by atoms with Crippen molar-refractivity contribution in [2.24, 2.45) is 5.18 Å². The van der Waals surface area contributed by atoms with Gasteiger partial charge in [-0.1, -0.05) is 16.8 Å². The molecule has 1 aliphatic carbocycles. The van der Waals surface area contributed by atoms with Gasteiger partial charge in [-0.05, 0) is 38.3 Å². The van der Waals surface area contributed by atoms with Gasteiger partial charge in [-0.3, -0.25) is 0 Å². The first-order chi connectivity index (χ1) is 7.79. The van der Waals surface area contributed by atoms with Crippen molar-refractivity contribution < 1.29 is 0 Å². The molecular formula is C13H14N2O. The van der Waals surface area contributed by atoms with Crippen LogP contribution in [0.5, 0.6) is 0 Å². The third-order valence-electron chi connectivity index (χ3n) is 3.44. The number of fused-ring (bicyclic) bond motifs is 3. The zero-order valence-corrected chi connectivity index (χ0v) is 9.29. The summed E-state index contributed by atoms with van der Waals surface area (Å²) in [5.41, 5.74) is 4.70. The molecule has 3 nitrogen and oxygen atoms in total. The molecule has 0 spiro atoms. The highest BCUT2D eigenvalue weighted by molar-refractivity contribution is 5.86. The summed E-state index contributed by atoms with van der Waals surface area (Å²) < 4.78 is 0. The number of aromatic amines is 1. The van der Waals surface area contributed by atoms with Crippen LogP contribution in [-0.4, -0.2) is 4.98 Å². The number of benzene rings is 1. The molecule has 0 saturated heterocycles. The van der Waals surface area contributed by atoms with Gasteiger partial charge in [-0.15, -0.1) is 0 Å². The first kappa shape index (κ1) is 9.58. The Morgan fingerprint density at radius 2 is 2.31 bits per heavy atom. The molecule has 1 unspecified atom stereocenters. The van der Waals surface area contributed by atoms with E-state index in [4.69, 9.17) is 0 Å². The van der Waals surface area contributed by atoms with Gasteiger partial charge in [0.25, 0.3) is 0 Å². The van der Waals surface area contributed by atoms with Crippen LogP contribution >= 0.6 is 0 Å². The maximum absolute atomic E-state index is 10.9. The zero-order valence-electron chi connectivity index (χ0n) is 9.29. The zero-order chi connectivity index (χ0) is 11.1. The van der Waals surface area contributed by atoms with Crippen LogP contribution in [0, 0.1) is 11.8 Å². The first-order valence-electron chi connectivity index (χ1n) is 5.73. The van der Waals surface area contributed by atoms with Gasteiger partial charge in [0.05, 0.1) is 0 Å². The number of hydrogen-bond donors (Lipinski definition) is 1. The molecule has 1 heterocycles. The standard InChI is InChI=1S/C13H14N2O/c1-8-5-6-10-9(7-8)13-11(14-10)3-2-4-12(13)15-16/h5-7,12,14H,2-4H2,1H3. The van der Waals surface area contributed by atoms with E-state index in [0.717, 1.165) is 30.3 Å². The second-order valence-corrected chi connectivity index (χ2v) is 4.58. The maximum Gasteiger partial charge on any atom is 0.119 e. The summed E-state index contributed by atoms with van der Waals surface area (Å²) in [5, 5.41) is 4.45. The predicted molar refractivity (Wildman–Crippen MR) is 64.5 cm³/mol. The lowest BCUT2D eigenvalue weighted by atomic mass is 9.91. The Morgan fingerprint density at radius 3 is 3.12 bits per heavy atom. The fraction of sp³-hybridized carbons (Fsp3) is 0.385. The molecule has 0 saturated carbocycles. The number of nitroso groups, excluding NO2 is 1. The molecule has 0 fully saturated rings. The summed E-state index contributed by atoms with van der Waals surface area (Å²) >= 11 is 0. The number of H-pyrrole nitrogens is 1. The molecule has 2 aromatic rings. The summed E-state index contributed by atoms with van der Waals surface area (Å²) in [7, 11) is 0. The Morgan fingerprint density at radius 1 is 1.44 bits per heavy atom. The fourth-order valence-corrected chi connectivity index (χ4v) is 2.68. The van der Waals surface area contributed by atoms with E-state index in [1.165, 1.54) is 16.6 Å². The number of nitrogens with zero attached hydrogens (tertiary/aromatic N) is 1. The Balaban J connectivity index is 2.31. The van der Waals surface area contributed by atoms with Gasteiger partial charge >= 0.3 is 0 Å². The van der Waals surface area contributed by atoms with E-state index in [-0.39, 0.29) is 6.04 Å². The number of aryl methyl sites for hydroxylation is 2. The van der Waals surface area contributed by atoms with Gasteiger partial charge in [0.2, 0.25) is 0 Å². The van der Waals surface area contributed by atoms with Crippen LogP contribution < -0.4 is 0 Å². The molecule has 1 aliphatic rings. The second kappa shape index (κ2) is 3.44. The molecule has 0 amide bonds. The summed E-state index contributed by atoms with van der Waals surface area (Å²) in [6, 6.07) is 6.17. The van der Waals surface area contributed by atoms with Crippen molar-refractivity contribution >= 4 is 10.9 Å². The van der Waals surface area contributed by atoms with Crippen molar-refractivity contribution in [1.82, 2.24) is 4.98 Å². The molecule has 1 atom stereocenters. The highest BCUT2D eigenvalue weighted by Crippen LogP contribution is 2.37. The predicted octanol–water partition coefficient (Wildman–Crippen LogP) is 3.62. The molecule has 3 heteroatoms. The lowest BCUT2D eigenvalue weighted by Crippen LogP contribution is -2.06. The molecule has 16 heavy (non-hydrogen) atoms. The van der Waals surface area contributed by atoms with Crippen LogP contribution in [0.2, 0.25) is 0 Å². The van der Waals surface area contributed by atoms with E-state index in [2.05, 4.69) is 35.3 Å². The van der Waals surface area contributed by atoms with E-state index < -0.39 is 0 Å². The monoisotopic (exact) mass is 214 g/mol. The molecule has 1 N–H and O–H groups in total. The minimum absolute atomic E-state index is 0.153. The van der Waals surface area contributed by atoms with Gasteiger partial charge in [-0.2, -0.15) is 4.91 Å². The minimum atomic E-state index is -0.153. The van der Waals surface area contributed by atoms with Crippen LogP contribution in [0.4, 0.5) is 0 Å². The van der Waals surface area contributed by atoms with Crippen LogP contribution in [0.25, 0.3) is 10.9 Å². The van der Waals surface area contributed by atoms with E-state index in [1.807, 2.05) is 0 Å². The van der Waals surface area contributed by atoms with Gasteiger partial charge in [0.1, 0.15) is 6.04 Å². The fourth-order valence-electron chi connectivity index (χ4n) is 2.68. The van der Waals surface area contributed by atoms with Gasteiger partial charge < -0.3 is 4.98 Å². The quantitative estimate of drug-likeness (QED) is 0.724. The van der Waals surface area contributed by atoms with Crippen molar-refractivity contribution in [1.29, 1.82) is 0 Å². The SMILES string of the molecule is Cc1ccc2[nH]c3c(c2c1)C(N=O)CCC3. The Kier molecular flexibility index (Phi) is 2.06. The largest absolute Gasteiger partial charge is 0.358 e. The van der Waals surface area contributed by atoms with Crippen molar-refractivity contribution in [3.05, 3.63) is 39.9 Å². The minimum Gasteiger partial charge on any atom is -0.358 e. The molecule has 0 bridgehead atoms. The number of nitrogens with one attached hydrogen (secondary N) is 1. The van der Waals surface area contributed by atoms with Gasteiger partial charge in [0.15, 0.2) is 0 Å². The molecule has 3 rings (SSSR count). The smallest absolute Gasteiger partial charge is 0.119 e. The third kappa shape index (κ3) is 1.28. The molecule has 0 aliphatic heterocycles. The van der Waals surface area contributed by atoms with Crippen molar-refractivity contribution in [2.75, 3.05) is 0 Å². The lowest BCUT2D eigenvalue weighted by Gasteiger charge is -2.16. The van der Waals surface area contributed by atoms with Crippen LogP contribution in [0.3, 0.4) is 0 Å². The van der Waals surface area contributed by atoms with Crippen LogP contribution in [-0.2, 0) is 6.42 Å². The van der Waals surface area contributed by atoms with E-state index in [1.54, 1.807) is 0 Å². The van der Waals surface area contributed by atoms with Crippen molar-refractivity contribution in [3.8, 4) is 0 Å². The number of aromatic nitrogens is 1. The number of rotatable bonds is 1. The van der Waals surface area contributed by atoms with Crippen molar-refractivity contribution in [3.63, 3.8) is 0 Å². The molecule has 1 aromatic heterocycles. The molecule has 1 aromatic carbocycles. The van der Waals surface area contributed by atoms with E-state index in [0.29, 0.717) is 0 Å². The molecule has 82 valence electrons. The van der Waals surface area contributed by atoms with Crippen molar-refractivity contribution in [2.45, 2.75) is 32.2 Å². The normalized spacial score (nSPS) is 19.7. The van der Waals surface area contributed by atoms with Crippen LogP contribution in [0.15, 0.2) is 23.4 Å². The second-order valence-electron chi connectivity index (χ2n) is 4.58. The highest BCUT2D eigenvalue weighted by atomic mass is 16.3. The Bertz CT molecular complexity index is 556. The lowest BCUT2D eigenvalue weighted by molar-refractivity contribution is 0.568. The summed E-state index contributed by atoms with van der Waals surface area (Å²) in [5.74, 6) is 0. The Labute approximate surface area is 93.8 Å². The topological polar surface area (TPSA) is 45.2 Å². The molecule has 0 radical (unpaired) electrons. The van der Waals surface area contributed by atoms with E-state index >= 15 is 0 Å². The van der Waals surface area contributed by atoms with Gasteiger partial charge in [0, 0.05) is 22.2 Å². The maximum atomic E-state index is 10.9. The average Bonchev–Trinajstić information content (AvgIpc) is 2.66.